The second-order valence-electron chi connectivity index (χ2n) is 7.12. The Kier molecular flexibility index (Phi) is 5.45. The fourth-order valence-corrected chi connectivity index (χ4v) is 3.09. The standard InChI is InChI=1S/C19H28N2O2/c1-12(2)15-7-6-8-16(13(3)4)18(15)20-19(23)14-9-10-21(5)17(22)11-14/h6-8,12-14H,9-11H2,1-5H3,(H,20,23). The van der Waals surface area contributed by atoms with Crippen molar-refractivity contribution in [2.24, 2.45) is 5.92 Å². The molecule has 2 rings (SSSR count). The number of hydrogen-bond acceptors (Lipinski definition) is 2. The SMILES string of the molecule is CC(C)c1cccc(C(C)C)c1NC(=O)C1CCN(C)C(=O)C1. The molecule has 1 aromatic carbocycles. The summed E-state index contributed by atoms with van der Waals surface area (Å²) in [7, 11) is 1.79. The van der Waals surface area contributed by atoms with Crippen LogP contribution in [0.15, 0.2) is 18.2 Å². The smallest absolute Gasteiger partial charge is 0.228 e. The van der Waals surface area contributed by atoms with Crippen molar-refractivity contribution in [1.29, 1.82) is 0 Å². The third-order valence-electron chi connectivity index (χ3n) is 4.65. The van der Waals surface area contributed by atoms with Gasteiger partial charge in [0.25, 0.3) is 0 Å². The minimum atomic E-state index is -0.223. The summed E-state index contributed by atoms with van der Waals surface area (Å²) >= 11 is 0. The molecule has 0 radical (unpaired) electrons. The number of amides is 2. The van der Waals surface area contributed by atoms with Crippen molar-refractivity contribution in [3.05, 3.63) is 29.3 Å². The zero-order valence-corrected chi connectivity index (χ0v) is 14.8. The lowest BCUT2D eigenvalue weighted by atomic mass is 9.91. The molecule has 0 bridgehead atoms. The summed E-state index contributed by atoms with van der Waals surface area (Å²) in [4.78, 5) is 26.2. The number of likely N-dealkylation sites (tertiary alicyclic amines) is 1. The highest BCUT2D eigenvalue weighted by Gasteiger charge is 2.29. The maximum atomic E-state index is 12.7. The predicted molar refractivity (Wildman–Crippen MR) is 93.6 cm³/mol. The average molecular weight is 316 g/mol. The Morgan fingerprint density at radius 3 is 2.22 bits per heavy atom. The molecule has 0 spiro atoms. The van der Waals surface area contributed by atoms with Crippen LogP contribution in [0.1, 0.15) is 63.5 Å². The Morgan fingerprint density at radius 2 is 1.74 bits per heavy atom. The number of para-hydroxylation sites is 1. The fraction of sp³-hybridized carbons (Fsp3) is 0.579. The number of hydrogen-bond donors (Lipinski definition) is 1. The highest BCUT2D eigenvalue weighted by atomic mass is 16.2. The maximum Gasteiger partial charge on any atom is 0.228 e. The van der Waals surface area contributed by atoms with E-state index in [9.17, 15) is 9.59 Å². The second kappa shape index (κ2) is 7.16. The molecule has 1 saturated heterocycles. The zero-order chi connectivity index (χ0) is 17.1. The normalized spacial score (nSPS) is 18.7. The first-order valence-electron chi connectivity index (χ1n) is 8.48. The van der Waals surface area contributed by atoms with Crippen LogP contribution >= 0.6 is 0 Å². The lowest BCUT2D eigenvalue weighted by Crippen LogP contribution is -2.40. The van der Waals surface area contributed by atoms with Gasteiger partial charge in [0.05, 0.1) is 0 Å². The Bertz CT molecular complexity index is 567. The van der Waals surface area contributed by atoms with E-state index in [2.05, 4.69) is 51.2 Å². The molecule has 4 heteroatoms. The summed E-state index contributed by atoms with van der Waals surface area (Å²) < 4.78 is 0. The molecule has 1 N–H and O–H groups in total. The van der Waals surface area contributed by atoms with Gasteiger partial charge in [-0.15, -0.1) is 0 Å². The van der Waals surface area contributed by atoms with E-state index >= 15 is 0 Å². The van der Waals surface area contributed by atoms with Crippen molar-refractivity contribution in [2.75, 3.05) is 18.9 Å². The van der Waals surface area contributed by atoms with Gasteiger partial charge in [0, 0.05) is 31.6 Å². The molecule has 1 fully saturated rings. The summed E-state index contributed by atoms with van der Waals surface area (Å²) in [6, 6.07) is 6.21. The monoisotopic (exact) mass is 316 g/mol. The van der Waals surface area contributed by atoms with Crippen molar-refractivity contribution in [1.82, 2.24) is 4.90 Å². The van der Waals surface area contributed by atoms with Crippen LogP contribution in [0.4, 0.5) is 5.69 Å². The van der Waals surface area contributed by atoms with Crippen LogP contribution in [0.5, 0.6) is 0 Å². The quantitative estimate of drug-likeness (QED) is 0.920. The number of nitrogens with zero attached hydrogens (tertiary/aromatic N) is 1. The van der Waals surface area contributed by atoms with Gasteiger partial charge in [-0.25, -0.2) is 0 Å². The Hall–Kier alpha value is -1.84. The Balaban J connectivity index is 2.25. The molecular formula is C19H28N2O2. The second-order valence-corrected chi connectivity index (χ2v) is 7.12. The molecule has 1 atom stereocenters. The minimum Gasteiger partial charge on any atom is -0.346 e. The van der Waals surface area contributed by atoms with Gasteiger partial charge in [-0.05, 0) is 29.4 Å². The molecule has 1 heterocycles. The van der Waals surface area contributed by atoms with Crippen molar-refractivity contribution in [3.8, 4) is 0 Å². The van der Waals surface area contributed by atoms with Crippen molar-refractivity contribution in [3.63, 3.8) is 0 Å². The van der Waals surface area contributed by atoms with Crippen LogP contribution in [-0.2, 0) is 9.59 Å². The van der Waals surface area contributed by atoms with Crippen LogP contribution in [0.25, 0.3) is 0 Å². The maximum absolute atomic E-state index is 12.7. The third-order valence-corrected chi connectivity index (χ3v) is 4.65. The molecule has 1 aliphatic heterocycles. The lowest BCUT2D eigenvalue weighted by Gasteiger charge is -2.29. The summed E-state index contributed by atoms with van der Waals surface area (Å²) in [5.41, 5.74) is 3.25. The fourth-order valence-electron chi connectivity index (χ4n) is 3.09. The summed E-state index contributed by atoms with van der Waals surface area (Å²) in [6.45, 7) is 9.19. The van der Waals surface area contributed by atoms with E-state index in [1.807, 2.05) is 0 Å². The highest BCUT2D eigenvalue weighted by Crippen LogP contribution is 2.33. The van der Waals surface area contributed by atoms with E-state index < -0.39 is 0 Å². The molecule has 0 aliphatic carbocycles. The number of carbonyl (C=O) groups excluding carboxylic acids is 2. The minimum absolute atomic E-state index is 0.0264. The van der Waals surface area contributed by atoms with Gasteiger partial charge in [-0.3, -0.25) is 9.59 Å². The topological polar surface area (TPSA) is 49.4 Å². The van der Waals surface area contributed by atoms with Crippen molar-refractivity contribution < 1.29 is 9.59 Å². The van der Waals surface area contributed by atoms with Crippen molar-refractivity contribution >= 4 is 17.5 Å². The van der Waals surface area contributed by atoms with E-state index in [-0.39, 0.29) is 17.7 Å². The highest BCUT2D eigenvalue weighted by molar-refractivity contribution is 5.97. The van der Waals surface area contributed by atoms with Crippen LogP contribution in [0, 0.1) is 5.92 Å². The molecule has 23 heavy (non-hydrogen) atoms. The van der Waals surface area contributed by atoms with Gasteiger partial charge in [-0.2, -0.15) is 0 Å². The molecule has 0 saturated carbocycles. The van der Waals surface area contributed by atoms with Crippen LogP contribution in [0.2, 0.25) is 0 Å². The average Bonchev–Trinajstić information content (AvgIpc) is 2.49. The van der Waals surface area contributed by atoms with Gasteiger partial charge in [-0.1, -0.05) is 45.9 Å². The van der Waals surface area contributed by atoms with Gasteiger partial charge >= 0.3 is 0 Å². The summed E-state index contributed by atoms with van der Waals surface area (Å²) in [6.07, 6.45) is 1.04. The molecule has 4 nitrogen and oxygen atoms in total. The van der Waals surface area contributed by atoms with E-state index in [0.717, 1.165) is 23.2 Å². The third kappa shape index (κ3) is 3.92. The number of carbonyl (C=O) groups is 2. The lowest BCUT2D eigenvalue weighted by molar-refractivity contribution is -0.137. The van der Waals surface area contributed by atoms with Crippen LogP contribution in [0.3, 0.4) is 0 Å². The summed E-state index contributed by atoms with van der Waals surface area (Å²) in [5.74, 6) is 0.476. The molecule has 1 aromatic rings. The molecule has 0 aromatic heterocycles. The predicted octanol–water partition coefficient (Wildman–Crippen LogP) is 3.74. The molecule has 2 amide bonds. The number of nitrogens with one attached hydrogen (secondary N) is 1. The van der Waals surface area contributed by atoms with E-state index in [1.54, 1.807) is 11.9 Å². The molecular weight excluding hydrogens is 288 g/mol. The number of piperidine rings is 1. The van der Waals surface area contributed by atoms with Crippen LogP contribution < -0.4 is 5.32 Å². The first kappa shape index (κ1) is 17.5. The summed E-state index contributed by atoms with van der Waals surface area (Å²) in [5, 5.41) is 3.14. The van der Waals surface area contributed by atoms with E-state index in [4.69, 9.17) is 0 Å². The van der Waals surface area contributed by atoms with E-state index in [0.29, 0.717) is 24.8 Å². The Morgan fingerprint density at radius 1 is 1.17 bits per heavy atom. The first-order chi connectivity index (χ1) is 10.8. The Labute approximate surface area is 139 Å². The van der Waals surface area contributed by atoms with Gasteiger partial charge in [0.15, 0.2) is 0 Å². The zero-order valence-electron chi connectivity index (χ0n) is 14.8. The van der Waals surface area contributed by atoms with Gasteiger partial charge in [0.1, 0.15) is 0 Å². The van der Waals surface area contributed by atoms with Crippen molar-refractivity contribution in [2.45, 2.75) is 52.4 Å². The molecule has 1 aliphatic rings. The number of rotatable bonds is 4. The largest absolute Gasteiger partial charge is 0.346 e. The van der Waals surface area contributed by atoms with Crippen LogP contribution in [-0.4, -0.2) is 30.3 Å². The van der Waals surface area contributed by atoms with Gasteiger partial charge in [0.2, 0.25) is 11.8 Å². The molecule has 126 valence electrons. The number of benzene rings is 1. The van der Waals surface area contributed by atoms with Gasteiger partial charge < -0.3 is 10.2 Å². The van der Waals surface area contributed by atoms with E-state index in [1.165, 1.54) is 0 Å². The molecule has 1 unspecified atom stereocenters. The first-order valence-corrected chi connectivity index (χ1v) is 8.48. The number of anilines is 1.